The van der Waals surface area contributed by atoms with Crippen LogP contribution in [0.15, 0.2) is 54.9 Å². The summed E-state index contributed by atoms with van der Waals surface area (Å²) in [5.74, 6) is 0. The van der Waals surface area contributed by atoms with Gasteiger partial charge in [0.05, 0.1) is 0 Å². The Labute approximate surface area is 113 Å². The van der Waals surface area contributed by atoms with E-state index in [2.05, 4.69) is 35.3 Å². The molecule has 3 nitrogen and oxygen atoms in total. The Morgan fingerprint density at radius 2 is 1.65 bits per heavy atom. The molecule has 0 atom stereocenters. The van der Waals surface area contributed by atoms with Crippen molar-refractivity contribution in [2.24, 2.45) is 0 Å². The van der Waals surface area contributed by atoms with Crippen LogP contribution in [0.2, 0.25) is 0 Å². The quantitative estimate of drug-likeness (QED) is 0.437. The zero-order valence-electron chi connectivity index (χ0n) is 9.74. The van der Waals surface area contributed by atoms with Crippen molar-refractivity contribution in [3.05, 3.63) is 66.0 Å². The second-order valence-corrected chi connectivity index (χ2v) is 3.12. The number of carbonyl (C=O) groups excluding carboxylic acids is 1. The van der Waals surface area contributed by atoms with E-state index in [9.17, 15) is 0 Å². The summed E-state index contributed by atoms with van der Waals surface area (Å²) in [6.07, 6.45) is 4.68. The summed E-state index contributed by atoms with van der Waals surface area (Å²) in [6, 6.07) is 14.5. The van der Waals surface area contributed by atoms with E-state index >= 15 is 0 Å². The van der Waals surface area contributed by atoms with Crippen molar-refractivity contribution in [2.45, 2.75) is 6.42 Å². The fourth-order valence-corrected chi connectivity index (χ4v) is 1.33. The number of carboxylic acid groups (broad SMARTS) is 1. The Balaban J connectivity index is 0.000000583. The van der Waals surface area contributed by atoms with Gasteiger partial charge in [-0.1, -0.05) is 36.4 Å². The van der Waals surface area contributed by atoms with Crippen LogP contribution in [0.25, 0.3) is 0 Å². The van der Waals surface area contributed by atoms with Crippen LogP contribution in [0.1, 0.15) is 11.1 Å². The zero-order valence-corrected chi connectivity index (χ0v) is 9.74. The number of nitrogens with zero attached hydrogens (tertiary/aromatic N) is 1. The fourth-order valence-electron chi connectivity index (χ4n) is 1.33. The Kier molecular flexibility index (Phi) is 8.76. The van der Waals surface area contributed by atoms with Crippen molar-refractivity contribution in [1.29, 1.82) is 0 Å². The SMILES string of the molecule is O=C[O-].[Li+].c1ccc(Cc2cccnc2)cc1. The van der Waals surface area contributed by atoms with E-state index in [1.54, 1.807) is 6.20 Å². The Bertz CT molecular complexity index is 369. The monoisotopic (exact) mass is 221 g/mol. The van der Waals surface area contributed by atoms with Gasteiger partial charge in [0.15, 0.2) is 0 Å². The van der Waals surface area contributed by atoms with E-state index in [1.165, 1.54) is 11.1 Å². The molecule has 0 spiro atoms. The zero-order chi connectivity index (χ0) is 11.6. The standard InChI is InChI=1S/C12H11N.CH2O2.Li/c1-2-5-11(6-3-1)9-12-7-4-8-13-10-12;2-1-3;/h1-8,10H,9H2;1H,(H,2,3);/q;;+1/p-1. The molecule has 2 aromatic rings. The second-order valence-electron chi connectivity index (χ2n) is 3.12. The van der Waals surface area contributed by atoms with Crippen LogP contribution in [0.4, 0.5) is 0 Å². The molecule has 0 saturated carbocycles. The maximum Gasteiger partial charge on any atom is 1.00 e. The molecule has 0 bridgehead atoms. The molecule has 17 heavy (non-hydrogen) atoms. The average molecular weight is 221 g/mol. The smallest absolute Gasteiger partial charge is 0.554 e. The van der Waals surface area contributed by atoms with Crippen LogP contribution in [-0.2, 0) is 11.2 Å². The molecule has 0 unspecified atom stereocenters. The van der Waals surface area contributed by atoms with Crippen molar-refractivity contribution >= 4 is 6.47 Å². The van der Waals surface area contributed by atoms with Crippen LogP contribution >= 0.6 is 0 Å². The topological polar surface area (TPSA) is 53.0 Å². The Morgan fingerprint density at radius 1 is 1.06 bits per heavy atom. The number of hydrogen-bond acceptors (Lipinski definition) is 3. The number of aromatic nitrogens is 1. The molecule has 0 fully saturated rings. The van der Waals surface area contributed by atoms with Gasteiger partial charge >= 0.3 is 18.9 Å². The van der Waals surface area contributed by atoms with Gasteiger partial charge in [-0.3, -0.25) is 4.98 Å². The summed E-state index contributed by atoms with van der Waals surface area (Å²) in [7, 11) is 0. The molecule has 0 amide bonds. The molecule has 2 rings (SSSR count). The largest absolute Gasteiger partial charge is 1.00 e. The van der Waals surface area contributed by atoms with E-state index < -0.39 is 6.47 Å². The van der Waals surface area contributed by atoms with Gasteiger partial charge in [0.25, 0.3) is 0 Å². The van der Waals surface area contributed by atoms with Gasteiger partial charge in [0.2, 0.25) is 0 Å². The molecule has 1 aromatic heterocycles. The third-order valence-corrected chi connectivity index (χ3v) is 1.97. The third-order valence-electron chi connectivity index (χ3n) is 1.97. The molecule has 0 radical (unpaired) electrons. The van der Waals surface area contributed by atoms with E-state index in [-0.39, 0.29) is 18.9 Å². The molecule has 0 aliphatic heterocycles. The molecular weight excluding hydrogens is 209 g/mol. The second kappa shape index (κ2) is 9.65. The summed E-state index contributed by atoms with van der Waals surface area (Å²) < 4.78 is 0. The summed E-state index contributed by atoms with van der Waals surface area (Å²) in [6.45, 7) is -0.500. The van der Waals surface area contributed by atoms with Crippen LogP contribution in [0.5, 0.6) is 0 Å². The van der Waals surface area contributed by atoms with Gasteiger partial charge in [-0.15, -0.1) is 0 Å². The number of carbonyl (C=O) groups is 1. The fraction of sp³-hybridized carbons (Fsp3) is 0.0769. The Hall–Kier alpha value is -1.56. The van der Waals surface area contributed by atoms with E-state index in [1.807, 2.05) is 18.3 Å². The van der Waals surface area contributed by atoms with Crippen LogP contribution in [-0.4, -0.2) is 11.5 Å². The summed E-state index contributed by atoms with van der Waals surface area (Å²) >= 11 is 0. The average Bonchev–Trinajstić information content (AvgIpc) is 2.33. The summed E-state index contributed by atoms with van der Waals surface area (Å²) in [5, 5.41) is 8.25. The van der Waals surface area contributed by atoms with Crippen molar-refractivity contribution in [3.8, 4) is 0 Å². The van der Waals surface area contributed by atoms with Crippen LogP contribution in [0, 0.1) is 0 Å². The van der Waals surface area contributed by atoms with Crippen molar-refractivity contribution in [1.82, 2.24) is 4.98 Å². The minimum Gasteiger partial charge on any atom is -0.554 e. The predicted octanol–water partition coefficient (Wildman–Crippen LogP) is -1.96. The first-order valence-electron chi connectivity index (χ1n) is 4.85. The molecule has 0 aliphatic rings. The van der Waals surface area contributed by atoms with Gasteiger partial charge in [-0.2, -0.15) is 0 Å². The first kappa shape index (κ1) is 15.4. The van der Waals surface area contributed by atoms with E-state index in [0.717, 1.165) is 6.42 Å². The van der Waals surface area contributed by atoms with Crippen molar-refractivity contribution in [2.75, 3.05) is 0 Å². The van der Waals surface area contributed by atoms with Crippen molar-refractivity contribution < 1.29 is 28.8 Å². The molecule has 0 aliphatic carbocycles. The van der Waals surface area contributed by atoms with Gasteiger partial charge in [-0.25, -0.2) is 0 Å². The first-order valence-corrected chi connectivity index (χ1v) is 4.85. The molecule has 4 heteroatoms. The normalized spacial score (nSPS) is 8.24. The molecular formula is C13H12LiNO2. The van der Waals surface area contributed by atoms with E-state index in [4.69, 9.17) is 9.90 Å². The van der Waals surface area contributed by atoms with Gasteiger partial charge in [-0.05, 0) is 23.6 Å². The minimum atomic E-state index is -0.500. The first-order chi connectivity index (χ1) is 7.86. The van der Waals surface area contributed by atoms with Crippen LogP contribution in [0.3, 0.4) is 0 Å². The summed E-state index contributed by atoms with van der Waals surface area (Å²) in [4.78, 5) is 12.3. The summed E-state index contributed by atoms with van der Waals surface area (Å²) in [5.41, 5.74) is 2.59. The van der Waals surface area contributed by atoms with Gasteiger partial charge in [0.1, 0.15) is 0 Å². The number of benzene rings is 1. The van der Waals surface area contributed by atoms with Gasteiger partial charge < -0.3 is 9.90 Å². The number of hydrogen-bond donors (Lipinski definition) is 0. The molecule has 82 valence electrons. The minimum absolute atomic E-state index is 0. The molecule has 1 heterocycles. The molecule has 0 saturated heterocycles. The predicted molar refractivity (Wildman–Crippen MR) is 59.5 cm³/mol. The number of rotatable bonds is 2. The maximum absolute atomic E-state index is 8.25. The van der Waals surface area contributed by atoms with Gasteiger partial charge in [0, 0.05) is 18.9 Å². The van der Waals surface area contributed by atoms with Crippen LogP contribution < -0.4 is 24.0 Å². The van der Waals surface area contributed by atoms with E-state index in [0.29, 0.717) is 0 Å². The number of pyridine rings is 1. The van der Waals surface area contributed by atoms with Crippen molar-refractivity contribution in [3.63, 3.8) is 0 Å². The molecule has 0 N–H and O–H groups in total. The Morgan fingerprint density at radius 3 is 2.18 bits per heavy atom. The third kappa shape index (κ3) is 6.57. The maximum atomic E-state index is 8.25. The molecule has 1 aromatic carbocycles.